The molecule has 1 saturated heterocycles. The Morgan fingerprint density at radius 2 is 1.88 bits per heavy atom. The molecular weight excluding hydrogens is 448 g/mol. The fourth-order valence-corrected chi connectivity index (χ4v) is 3.40. The van der Waals surface area contributed by atoms with Crippen LogP contribution >= 0.6 is 11.6 Å². The number of methoxy groups -OCH3 is 2. The highest BCUT2D eigenvalue weighted by molar-refractivity contribution is 6.35. The summed E-state index contributed by atoms with van der Waals surface area (Å²) in [6.45, 7) is 8.50. The molecule has 10 heteroatoms. The Balaban J connectivity index is 0.00000265. The van der Waals surface area contributed by atoms with Crippen molar-refractivity contribution in [1.82, 2.24) is 20.4 Å². The molecule has 2 N–H and O–H groups in total. The average Bonchev–Trinajstić information content (AvgIpc) is 2.86. The van der Waals surface area contributed by atoms with Crippen LogP contribution in [0.3, 0.4) is 0 Å². The number of rotatable bonds is 9. The number of hydrogen-bond donors (Lipinski definition) is 2. The first-order valence-electron chi connectivity index (χ1n) is 10.4. The molecule has 2 aliphatic rings. The Morgan fingerprint density at radius 1 is 1.21 bits per heavy atom. The molecule has 3 amide bonds. The minimum Gasteiger partial charge on any atom is -0.381 e. The summed E-state index contributed by atoms with van der Waals surface area (Å²) in [5, 5.41) is 5.23. The van der Waals surface area contributed by atoms with Crippen LogP contribution in [0.25, 0.3) is 0 Å². The maximum atomic E-state index is 12.6. The van der Waals surface area contributed by atoms with Crippen molar-refractivity contribution in [2.75, 3.05) is 52.9 Å². The Kier molecular flexibility index (Phi) is 13.5. The minimum absolute atomic E-state index is 0.333. The molecule has 9 nitrogen and oxygen atoms in total. The van der Waals surface area contributed by atoms with Crippen molar-refractivity contribution >= 4 is 29.8 Å². The first-order chi connectivity index (χ1) is 16.0. The van der Waals surface area contributed by atoms with Gasteiger partial charge in [-0.2, -0.15) is 0 Å². The lowest BCUT2D eigenvalue weighted by Gasteiger charge is -2.36. The second-order valence-electron chi connectivity index (χ2n) is 6.87. The van der Waals surface area contributed by atoms with E-state index in [4.69, 9.17) is 21.1 Å². The van der Waals surface area contributed by atoms with Crippen LogP contribution in [-0.4, -0.2) is 93.1 Å². The largest absolute Gasteiger partial charge is 0.381 e. The fraction of sp³-hybridized carbons (Fsp3) is 0.435. The molecular formula is C23H33ClN4O5. The van der Waals surface area contributed by atoms with E-state index in [1.54, 1.807) is 25.3 Å². The van der Waals surface area contributed by atoms with Gasteiger partial charge in [0.05, 0.1) is 12.6 Å². The van der Waals surface area contributed by atoms with Crippen LogP contribution in [0.15, 0.2) is 61.0 Å². The second kappa shape index (κ2) is 15.8. The number of nitrogens with zero attached hydrogens (tertiary/aromatic N) is 2. The number of carbonyl (C=O) groups is 3. The zero-order chi connectivity index (χ0) is 24.6. The van der Waals surface area contributed by atoms with Gasteiger partial charge in [0.2, 0.25) is 6.41 Å². The Hall–Kier alpha value is -2.88. The molecule has 1 aliphatic carbocycles. The van der Waals surface area contributed by atoms with E-state index in [1.807, 2.05) is 18.2 Å². The van der Waals surface area contributed by atoms with Gasteiger partial charge in [0.15, 0.2) is 0 Å². The molecule has 33 heavy (non-hydrogen) atoms. The highest BCUT2D eigenvalue weighted by atomic mass is 35.5. The quantitative estimate of drug-likeness (QED) is 0.168. The molecule has 0 saturated carbocycles. The SMILES string of the molecule is C=C.COC/C=C(\C=C/CCl)N1CCN(C(=O)C(=O)NC2=CC(OC)C(NC=O)C=C2)CC1. The molecule has 0 aromatic rings. The normalized spacial score (nSPS) is 20.6. The van der Waals surface area contributed by atoms with Crippen LogP contribution in [0.2, 0.25) is 0 Å². The van der Waals surface area contributed by atoms with E-state index in [0.717, 1.165) is 5.70 Å². The van der Waals surface area contributed by atoms with Gasteiger partial charge < -0.3 is 29.9 Å². The number of carbonyl (C=O) groups excluding carboxylic acids is 3. The van der Waals surface area contributed by atoms with Crippen molar-refractivity contribution in [3.05, 3.63) is 61.0 Å². The van der Waals surface area contributed by atoms with Gasteiger partial charge >= 0.3 is 11.8 Å². The van der Waals surface area contributed by atoms with Crippen molar-refractivity contribution < 1.29 is 23.9 Å². The van der Waals surface area contributed by atoms with E-state index in [2.05, 4.69) is 28.7 Å². The lowest BCUT2D eigenvalue weighted by Crippen LogP contribution is -2.52. The lowest BCUT2D eigenvalue weighted by molar-refractivity contribution is -0.146. The highest BCUT2D eigenvalue weighted by Crippen LogP contribution is 2.14. The Labute approximate surface area is 200 Å². The van der Waals surface area contributed by atoms with Crippen LogP contribution in [0, 0.1) is 0 Å². The third-order valence-corrected chi connectivity index (χ3v) is 5.11. The summed E-state index contributed by atoms with van der Waals surface area (Å²) in [5.41, 5.74) is 1.42. The fourth-order valence-electron chi connectivity index (χ4n) is 3.31. The third-order valence-electron chi connectivity index (χ3n) is 4.93. The van der Waals surface area contributed by atoms with Gasteiger partial charge in [0, 0.05) is 57.7 Å². The molecule has 1 aliphatic heterocycles. The van der Waals surface area contributed by atoms with Crippen LogP contribution in [0.4, 0.5) is 0 Å². The Morgan fingerprint density at radius 3 is 2.45 bits per heavy atom. The summed E-state index contributed by atoms with van der Waals surface area (Å²) in [6.07, 6.45) is 10.9. The lowest BCUT2D eigenvalue weighted by atomic mass is 10.0. The van der Waals surface area contributed by atoms with E-state index in [9.17, 15) is 14.4 Å². The molecule has 2 unspecified atom stereocenters. The van der Waals surface area contributed by atoms with Gasteiger partial charge in [-0.3, -0.25) is 14.4 Å². The molecule has 2 atom stereocenters. The van der Waals surface area contributed by atoms with Crippen LogP contribution < -0.4 is 10.6 Å². The summed E-state index contributed by atoms with van der Waals surface area (Å²) >= 11 is 5.74. The van der Waals surface area contributed by atoms with E-state index in [1.165, 1.54) is 12.0 Å². The maximum Gasteiger partial charge on any atom is 0.313 e. The molecule has 182 valence electrons. The monoisotopic (exact) mass is 480 g/mol. The van der Waals surface area contributed by atoms with Crippen LogP contribution in [-0.2, 0) is 23.9 Å². The van der Waals surface area contributed by atoms with Crippen molar-refractivity contribution in [3.63, 3.8) is 0 Å². The number of halogens is 1. The predicted molar refractivity (Wildman–Crippen MR) is 128 cm³/mol. The molecule has 0 spiro atoms. The summed E-state index contributed by atoms with van der Waals surface area (Å²) in [6, 6.07) is -0.333. The standard InChI is InChI=1S/C21H29ClN4O5.C2H4/c1-30-13-7-17(4-3-8-22)25-9-11-26(12-10-25)21(29)20(28)24-16-5-6-18(23-15-27)19(14-16)31-2;1-2/h3-7,14-15,18-19H,8-13H2,1-2H3,(H,23,27)(H,24,28);1-2H2/b4-3-,17-7+;. The molecule has 2 rings (SSSR count). The van der Waals surface area contributed by atoms with Crippen molar-refractivity contribution in [2.24, 2.45) is 0 Å². The minimum atomic E-state index is -0.710. The number of hydrogen-bond acceptors (Lipinski definition) is 6. The van der Waals surface area contributed by atoms with Gasteiger partial charge in [-0.1, -0.05) is 12.2 Å². The van der Waals surface area contributed by atoms with E-state index >= 15 is 0 Å². The molecule has 1 fully saturated rings. The maximum absolute atomic E-state index is 12.6. The zero-order valence-electron chi connectivity index (χ0n) is 19.2. The topological polar surface area (TPSA) is 100 Å². The van der Waals surface area contributed by atoms with E-state index in [-0.39, 0.29) is 6.04 Å². The molecule has 0 bridgehead atoms. The van der Waals surface area contributed by atoms with Gasteiger partial charge in [0.25, 0.3) is 0 Å². The molecule has 0 aromatic carbocycles. The number of ether oxygens (including phenoxy) is 2. The third kappa shape index (κ3) is 8.88. The summed E-state index contributed by atoms with van der Waals surface area (Å²) in [4.78, 5) is 39.4. The van der Waals surface area contributed by atoms with Gasteiger partial charge in [-0.05, 0) is 24.3 Å². The number of alkyl halides is 1. The summed E-state index contributed by atoms with van der Waals surface area (Å²) < 4.78 is 10.4. The second-order valence-corrected chi connectivity index (χ2v) is 7.17. The predicted octanol–water partition coefficient (Wildman–Crippen LogP) is 0.958. The molecule has 0 aromatic heterocycles. The number of piperazine rings is 1. The zero-order valence-corrected chi connectivity index (χ0v) is 19.9. The Bertz CT molecular complexity index is 773. The van der Waals surface area contributed by atoms with E-state index in [0.29, 0.717) is 50.8 Å². The van der Waals surface area contributed by atoms with Crippen molar-refractivity contribution in [3.8, 4) is 0 Å². The van der Waals surface area contributed by atoms with Crippen LogP contribution in [0.5, 0.6) is 0 Å². The van der Waals surface area contributed by atoms with Crippen molar-refractivity contribution in [2.45, 2.75) is 12.1 Å². The smallest absolute Gasteiger partial charge is 0.313 e. The highest BCUT2D eigenvalue weighted by Gasteiger charge is 2.28. The van der Waals surface area contributed by atoms with E-state index < -0.39 is 17.9 Å². The van der Waals surface area contributed by atoms with Gasteiger partial charge in [-0.25, -0.2) is 0 Å². The number of nitrogens with one attached hydrogen (secondary N) is 2. The van der Waals surface area contributed by atoms with Crippen molar-refractivity contribution in [1.29, 1.82) is 0 Å². The summed E-state index contributed by atoms with van der Waals surface area (Å²) in [5.74, 6) is -0.892. The molecule has 0 radical (unpaired) electrons. The number of amides is 3. The van der Waals surface area contributed by atoms with Crippen LogP contribution in [0.1, 0.15) is 0 Å². The summed E-state index contributed by atoms with van der Waals surface area (Å²) in [7, 11) is 3.13. The van der Waals surface area contributed by atoms with Gasteiger partial charge in [0.1, 0.15) is 6.10 Å². The first-order valence-corrected chi connectivity index (χ1v) is 11.0. The molecule has 1 heterocycles. The average molecular weight is 481 g/mol. The number of allylic oxidation sites excluding steroid dienone is 3. The van der Waals surface area contributed by atoms with Gasteiger partial charge in [-0.15, -0.1) is 24.8 Å². The first kappa shape index (κ1) is 28.2.